The number of nitrogens with zero attached hydrogens (tertiary/aromatic N) is 1. The lowest BCUT2D eigenvalue weighted by atomic mass is 10.1. The highest BCUT2D eigenvalue weighted by Gasteiger charge is 2.22. The van der Waals surface area contributed by atoms with E-state index in [9.17, 15) is 0 Å². The average Bonchev–Trinajstić information content (AvgIpc) is 2.75. The molecule has 0 saturated heterocycles. The third-order valence-corrected chi connectivity index (χ3v) is 2.27. The number of H-pyrrole nitrogens is 1. The first-order valence-electron chi connectivity index (χ1n) is 4.61. The lowest BCUT2D eigenvalue weighted by molar-refractivity contribution is 0.291. The van der Waals surface area contributed by atoms with Crippen molar-refractivity contribution in [1.82, 2.24) is 4.98 Å². The van der Waals surface area contributed by atoms with Gasteiger partial charge in [0.1, 0.15) is 12.3 Å². The lowest BCUT2D eigenvalue weighted by Gasteiger charge is -2.06. The molecule has 0 bridgehead atoms. The Morgan fingerprint density at radius 1 is 1.62 bits per heavy atom. The second-order valence-corrected chi connectivity index (χ2v) is 3.64. The SMILES string of the molecule is CC(C)[C@H]1COC(c2ccc[nH]2)=N1. The summed E-state index contributed by atoms with van der Waals surface area (Å²) in [5, 5.41) is 0. The maximum absolute atomic E-state index is 5.49. The molecule has 13 heavy (non-hydrogen) atoms. The van der Waals surface area contributed by atoms with E-state index in [4.69, 9.17) is 4.74 Å². The quantitative estimate of drug-likeness (QED) is 0.736. The van der Waals surface area contributed by atoms with Gasteiger partial charge in [0.05, 0.1) is 6.04 Å². The van der Waals surface area contributed by atoms with Crippen molar-refractivity contribution in [3.63, 3.8) is 0 Å². The molecule has 0 saturated carbocycles. The number of rotatable bonds is 2. The summed E-state index contributed by atoms with van der Waals surface area (Å²) in [5.74, 6) is 1.30. The predicted octanol–water partition coefficient (Wildman–Crippen LogP) is 1.82. The van der Waals surface area contributed by atoms with E-state index in [0.717, 1.165) is 11.6 Å². The smallest absolute Gasteiger partial charge is 0.233 e. The van der Waals surface area contributed by atoms with Crippen LogP contribution >= 0.6 is 0 Å². The van der Waals surface area contributed by atoms with Crippen LogP contribution in [-0.2, 0) is 4.74 Å². The number of aromatic nitrogens is 1. The first-order chi connectivity index (χ1) is 6.27. The van der Waals surface area contributed by atoms with Crippen LogP contribution in [-0.4, -0.2) is 23.5 Å². The molecule has 1 N–H and O–H groups in total. The van der Waals surface area contributed by atoms with Crippen LogP contribution in [0, 0.1) is 5.92 Å². The molecule has 1 atom stereocenters. The van der Waals surface area contributed by atoms with Gasteiger partial charge >= 0.3 is 0 Å². The molecule has 0 spiro atoms. The molecule has 1 aromatic rings. The summed E-state index contributed by atoms with van der Waals surface area (Å²) < 4.78 is 5.49. The number of nitrogens with one attached hydrogen (secondary N) is 1. The van der Waals surface area contributed by atoms with E-state index in [-0.39, 0.29) is 0 Å². The first kappa shape index (κ1) is 8.35. The molecule has 1 aliphatic rings. The largest absolute Gasteiger partial charge is 0.474 e. The van der Waals surface area contributed by atoms with E-state index in [0.29, 0.717) is 18.6 Å². The highest BCUT2D eigenvalue weighted by atomic mass is 16.5. The maximum atomic E-state index is 5.49. The highest BCUT2D eigenvalue weighted by Crippen LogP contribution is 2.16. The van der Waals surface area contributed by atoms with Crippen LogP contribution in [0.25, 0.3) is 0 Å². The summed E-state index contributed by atoms with van der Waals surface area (Å²) in [4.78, 5) is 7.58. The van der Waals surface area contributed by atoms with E-state index in [1.807, 2.05) is 18.3 Å². The summed E-state index contributed by atoms with van der Waals surface area (Å²) in [5.41, 5.74) is 0.975. The second kappa shape index (κ2) is 3.24. The van der Waals surface area contributed by atoms with Crippen LogP contribution in [0.1, 0.15) is 19.5 Å². The Kier molecular flexibility index (Phi) is 2.08. The third-order valence-electron chi connectivity index (χ3n) is 2.27. The van der Waals surface area contributed by atoms with Gasteiger partial charge in [0.25, 0.3) is 0 Å². The Bertz CT molecular complexity index is 301. The van der Waals surface area contributed by atoms with Crippen molar-refractivity contribution < 1.29 is 4.74 Å². The summed E-state index contributed by atoms with van der Waals surface area (Å²) in [6, 6.07) is 4.24. The topological polar surface area (TPSA) is 37.4 Å². The molecule has 1 aromatic heterocycles. The predicted molar refractivity (Wildman–Crippen MR) is 51.9 cm³/mol. The number of aliphatic imine (C=N–C) groups is 1. The van der Waals surface area contributed by atoms with E-state index >= 15 is 0 Å². The van der Waals surface area contributed by atoms with Crippen molar-refractivity contribution >= 4 is 5.90 Å². The monoisotopic (exact) mass is 178 g/mol. The van der Waals surface area contributed by atoms with E-state index in [1.54, 1.807) is 0 Å². The van der Waals surface area contributed by atoms with Crippen molar-refractivity contribution in [2.75, 3.05) is 6.61 Å². The molecule has 1 aliphatic heterocycles. The molecular formula is C10H14N2O. The number of aromatic amines is 1. The molecule has 0 aliphatic carbocycles. The van der Waals surface area contributed by atoms with Crippen molar-refractivity contribution in [2.24, 2.45) is 10.9 Å². The molecule has 2 rings (SSSR count). The molecule has 70 valence electrons. The molecule has 0 unspecified atom stereocenters. The standard InChI is InChI=1S/C10H14N2O/c1-7(2)9-6-13-10(12-9)8-4-3-5-11-8/h3-5,7,9,11H,6H2,1-2H3/t9-/m1/s1. The Balaban J connectivity index is 2.15. The van der Waals surface area contributed by atoms with Gasteiger partial charge in [0.15, 0.2) is 0 Å². The second-order valence-electron chi connectivity index (χ2n) is 3.64. The fourth-order valence-corrected chi connectivity index (χ4v) is 1.34. The minimum Gasteiger partial charge on any atom is -0.474 e. The van der Waals surface area contributed by atoms with E-state index in [1.165, 1.54) is 0 Å². The summed E-state index contributed by atoms with van der Waals surface area (Å²) in [6.45, 7) is 5.04. The van der Waals surface area contributed by atoms with Crippen LogP contribution in [0.5, 0.6) is 0 Å². The van der Waals surface area contributed by atoms with Crippen LogP contribution in [0.3, 0.4) is 0 Å². The Labute approximate surface area is 77.8 Å². The van der Waals surface area contributed by atoms with Gasteiger partial charge in [0.2, 0.25) is 5.90 Å². The van der Waals surface area contributed by atoms with Gasteiger partial charge in [-0.05, 0) is 18.1 Å². The molecule has 0 fully saturated rings. The van der Waals surface area contributed by atoms with Crippen LogP contribution < -0.4 is 0 Å². The van der Waals surface area contributed by atoms with Gasteiger partial charge in [-0.2, -0.15) is 0 Å². The third kappa shape index (κ3) is 1.59. The lowest BCUT2D eigenvalue weighted by Crippen LogP contribution is -2.13. The summed E-state index contributed by atoms with van der Waals surface area (Å²) >= 11 is 0. The normalized spacial score (nSPS) is 21.8. The summed E-state index contributed by atoms with van der Waals surface area (Å²) in [6.07, 6.45) is 1.88. The van der Waals surface area contributed by atoms with Crippen molar-refractivity contribution in [2.45, 2.75) is 19.9 Å². The summed E-state index contributed by atoms with van der Waals surface area (Å²) in [7, 11) is 0. The van der Waals surface area contributed by atoms with Gasteiger partial charge in [-0.1, -0.05) is 13.8 Å². The fourth-order valence-electron chi connectivity index (χ4n) is 1.34. The van der Waals surface area contributed by atoms with Crippen LogP contribution in [0.2, 0.25) is 0 Å². The highest BCUT2D eigenvalue weighted by molar-refractivity contribution is 5.93. The van der Waals surface area contributed by atoms with Gasteiger partial charge in [-0.3, -0.25) is 0 Å². The van der Waals surface area contributed by atoms with Crippen molar-refractivity contribution in [3.05, 3.63) is 24.0 Å². The Morgan fingerprint density at radius 3 is 3.00 bits per heavy atom. The molecule has 3 heteroatoms. The first-order valence-corrected chi connectivity index (χ1v) is 4.61. The maximum Gasteiger partial charge on any atom is 0.233 e. The Morgan fingerprint density at radius 2 is 2.46 bits per heavy atom. The van der Waals surface area contributed by atoms with Crippen molar-refractivity contribution in [1.29, 1.82) is 0 Å². The number of hydrogen-bond acceptors (Lipinski definition) is 2. The molecule has 0 radical (unpaired) electrons. The minimum absolute atomic E-state index is 0.318. The average molecular weight is 178 g/mol. The van der Waals surface area contributed by atoms with Gasteiger partial charge in [0, 0.05) is 6.20 Å². The zero-order valence-electron chi connectivity index (χ0n) is 7.95. The molecule has 0 aromatic carbocycles. The fraction of sp³-hybridized carbons (Fsp3) is 0.500. The zero-order valence-corrected chi connectivity index (χ0v) is 7.95. The minimum atomic E-state index is 0.318. The van der Waals surface area contributed by atoms with Gasteiger partial charge < -0.3 is 9.72 Å². The molecule has 3 nitrogen and oxygen atoms in total. The van der Waals surface area contributed by atoms with E-state index in [2.05, 4.69) is 23.8 Å². The number of ether oxygens (including phenoxy) is 1. The molecule has 0 amide bonds. The van der Waals surface area contributed by atoms with Gasteiger partial charge in [-0.25, -0.2) is 4.99 Å². The van der Waals surface area contributed by atoms with Crippen molar-refractivity contribution in [3.8, 4) is 0 Å². The zero-order chi connectivity index (χ0) is 9.26. The van der Waals surface area contributed by atoms with Crippen LogP contribution in [0.4, 0.5) is 0 Å². The van der Waals surface area contributed by atoms with Crippen LogP contribution in [0.15, 0.2) is 23.3 Å². The van der Waals surface area contributed by atoms with Gasteiger partial charge in [-0.15, -0.1) is 0 Å². The Hall–Kier alpha value is -1.25. The molecular weight excluding hydrogens is 164 g/mol. The van der Waals surface area contributed by atoms with E-state index < -0.39 is 0 Å². The molecule has 2 heterocycles. The number of hydrogen-bond donors (Lipinski definition) is 1.